The highest BCUT2D eigenvalue weighted by molar-refractivity contribution is 8.00. The average molecular weight is 307 g/mol. The summed E-state index contributed by atoms with van der Waals surface area (Å²) in [4.78, 5) is 6.77. The van der Waals surface area contributed by atoms with Crippen LogP contribution >= 0.6 is 11.8 Å². The summed E-state index contributed by atoms with van der Waals surface area (Å²) >= 11 is 2.03. The maximum absolute atomic E-state index is 5.26. The van der Waals surface area contributed by atoms with E-state index >= 15 is 0 Å². The summed E-state index contributed by atoms with van der Waals surface area (Å²) in [5.41, 5.74) is 1.20. The summed E-state index contributed by atoms with van der Waals surface area (Å²) in [7, 11) is 3.54. The summed E-state index contributed by atoms with van der Waals surface area (Å²) in [5.74, 6) is 3.01. The van der Waals surface area contributed by atoms with Gasteiger partial charge in [-0.25, -0.2) is 0 Å². The molecule has 0 atom stereocenters. The number of benzene rings is 1. The van der Waals surface area contributed by atoms with Gasteiger partial charge in [0.25, 0.3) is 0 Å². The Labute approximate surface area is 132 Å². The van der Waals surface area contributed by atoms with E-state index in [1.54, 1.807) is 7.11 Å². The van der Waals surface area contributed by atoms with E-state index in [0.29, 0.717) is 0 Å². The molecule has 1 N–H and O–H groups in total. The van der Waals surface area contributed by atoms with Crippen molar-refractivity contribution in [2.24, 2.45) is 4.99 Å². The number of rotatable bonds is 3. The van der Waals surface area contributed by atoms with E-state index in [-0.39, 0.29) is 4.75 Å². The van der Waals surface area contributed by atoms with Crippen molar-refractivity contribution in [1.29, 1.82) is 0 Å². The molecule has 1 aliphatic heterocycles. The Morgan fingerprint density at radius 1 is 1.48 bits per heavy atom. The Hall–Kier alpha value is -1.36. The number of hydrogen-bond donors (Lipinski definition) is 1. The lowest BCUT2D eigenvalue weighted by molar-refractivity contribution is 0.375. The number of nitrogens with one attached hydrogen (secondary N) is 1. The van der Waals surface area contributed by atoms with Crippen LogP contribution in [0.25, 0.3) is 0 Å². The summed E-state index contributed by atoms with van der Waals surface area (Å²) < 4.78 is 5.54. The smallest absolute Gasteiger partial charge is 0.193 e. The van der Waals surface area contributed by atoms with Gasteiger partial charge in [0.15, 0.2) is 5.96 Å². The number of methoxy groups -OCH3 is 1. The molecule has 1 heterocycles. The summed E-state index contributed by atoms with van der Waals surface area (Å²) in [6.07, 6.45) is 0. The molecule has 0 spiro atoms. The molecule has 1 aromatic rings. The fourth-order valence-electron chi connectivity index (χ4n) is 2.49. The van der Waals surface area contributed by atoms with Gasteiger partial charge in [-0.15, -0.1) is 0 Å². The van der Waals surface area contributed by atoms with E-state index in [2.05, 4.69) is 41.2 Å². The average Bonchev–Trinajstić information content (AvgIpc) is 2.47. The molecule has 4 nitrogen and oxygen atoms in total. The van der Waals surface area contributed by atoms with Gasteiger partial charge >= 0.3 is 0 Å². The largest absolute Gasteiger partial charge is 0.497 e. The lowest BCUT2D eigenvalue weighted by atomic mass is 10.2. The third-order valence-corrected chi connectivity index (χ3v) is 4.82. The first-order valence-corrected chi connectivity index (χ1v) is 8.25. The topological polar surface area (TPSA) is 36.9 Å². The number of nitrogens with zero attached hydrogens (tertiary/aromatic N) is 2. The van der Waals surface area contributed by atoms with Crippen LogP contribution in [-0.4, -0.2) is 48.6 Å². The molecular weight excluding hydrogens is 282 g/mol. The van der Waals surface area contributed by atoms with Crippen LogP contribution in [0.5, 0.6) is 5.75 Å². The Morgan fingerprint density at radius 2 is 2.29 bits per heavy atom. The SMILES string of the molecule is CN=C(NCc1cccc(OC)c1)N1CCSC(C)(C)C1. The van der Waals surface area contributed by atoms with Gasteiger partial charge in [0.1, 0.15) is 5.75 Å². The molecule has 0 radical (unpaired) electrons. The minimum Gasteiger partial charge on any atom is -0.497 e. The van der Waals surface area contributed by atoms with Gasteiger partial charge in [-0.3, -0.25) is 4.99 Å². The maximum Gasteiger partial charge on any atom is 0.193 e. The first-order chi connectivity index (χ1) is 10.0. The third kappa shape index (κ3) is 4.56. The predicted molar refractivity (Wildman–Crippen MR) is 91.3 cm³/mol. The second-order valence-electron chi connectivity index (χ2n) is 5.78. The number of hydrogen-bond acceptors (Lipinski definition) is 3. The van der Waals surface area contributed by atoms with E-state index in [0.717, 1.165) is 37.1 Å². The molecule has 2 rings (SSSR count). The molecule has 1 saturated heterocycles. The molecule has 0 bridgehead atoms. The Balaban J connectivity index is 1.96. The molecular formula is C16H25N3OS. The van der Waals surface area contributed by atoms with Gasteiger partial charge in [-0.2, -0.15) is 11.8 Å². The van der Waals surface area contributed by atoms with Crippen molar-refractivity contribution in [3.63, 3.8) is 0 Å². The first kappa shape index (κ1) is 16.0. The van der Waals surface area contributed by atoms with Crippen molar-refractivity contribution in [3.05, 3.63) is 29.8 Å². The third-order valence-electron chi connectivity index (χ3n) is 3.52. The van der Waals surface area contributed by atoms with E-state index < -0.39 is 0 Å². The highest BCUT2D eigenvalue weighted by Crippen LogP contribution is 2.29. The fraction of sp³-hybridized carbons (Fsp3) is 0.562. The number of aliphatic imine (C=N–C) groups is 1. The van der Waals surface area contributed by atoms with Crippen molar-refractivity contribution in [1.82, 2.24) is 10.2 Å². The highest BCUT2D eigenvalue weighted by Gasteiger charge is 2.28. The zero-order valence-corrected chi connectivity index (χ0v) is 14.2. The molecule has 0 saturated carbocycles. The molecule has 1 aliphatic rings. The number of ether oxygens (including phenoxy) is 1. The van der Waals surface area contributed by atoms with Crippen molar-refractivity contribution >= 4 is 17.7 Å². The Kier molecular flexibility index (Phi) is 5.39. The van der Waals surface area contributed by atoms with Crippen LogP contribution in [0.4, 0.5) is 0 Å². The summed E-state index contributed by atoms with van der Waals surface area (Å²) in [6, 6.07) is 8.12. The lowest BCUT2D eigenvalue weighted by Gasteiger charge is -2.39. The van der Waals surface area contributed by atoms with Crippen LogP contribution in [-0.2, 0) is 6.54 Å². The van der Waals surface area contributed by atoms with Crippen LogP contribution in [0.15, 0.2) is 29.3 Å². The van der Waals surface area contributed by atoms with E-state index in [4.69, 9.17) is 4.74 Å². The van der Waals surface area contributed by atoms with E-state index in [1.807, 2.05) is 30.9 Å². The van der Waals surface area contributed by atoms with Crippen molar-refractivity contribution < 1.29 is 4.74 Å². The molecule has 5 heteroatoms. The van der Waals surface area contributed by atoms with Crippen LogP contribution in [0.1, 0.15) is 19.4 Å². The van der Waals surface area contributed by atoms with Crippen molar-refractivity contribution in [3.8, 4) is 5.75 Å². The molecule has 0 amide bonds. The van der Waals surface area contributed by atoms with Gasteiger partial charge in [0, 0.05) is 37.2 Å². The fourth-order valence-corrected chi connectivity index (χ4v) is 3.60. The van der Waals surface area contributed by atoms with E-state index in [1.165, 1.54) is 5.56 Å². The number of thioether (sulfide) groups is 1. The van der Waals surface area contributed by atoms with Gasteiger partial charge in [-0.1, -0.05) is 12.1 Å². The molecule has 21 heavy (non-hydrogen) atoms. The normalized spacial score (nSPS) is 18.5. The van der Waals surface area contributed by atoms with Gasteiger partial charge in [0.05, 0.1) is 7.11 Å². The van der Waals surface area contributed by atoms with Crippen molar-refractivity contribution in [2.75, 3.05) is 33.0 Å². The van der Waals surface area contributed by atoms with E-state index in [9.17, 15) is 0 Å². The molecule has 0 unspecified atom stereocenters. The molecule has 1 fully saturated rings. The van der Waals surface area contributed by atoms with Gasteiger partial charge in [0.2, 0.25) is 0 Å². The monoisotopic (exact) mass is 307 g/mol. The lowest BCUT2D eigenvalue weighted by Crippen LogP contribution is -2.50. The van der Waals surface area contributed by atoms with Crippen molar-refractivity contribution in [2.45, 2.75) is 25.1 Å². The standard InChI is InChI=1S/C16H25N3OS/c1-16(2)12-19(8-9-21-16)15(17-3)18-11-13-6-5-7-14(10-13)20-4/h5-7,10H,8-9,11-12H2,1-4H3,(H,17,18). The predicted octanol–water partition coefficient (Wildman–Crippen LogP) is 2.60. The molecule has 0 aliphatic carbocycles. The first-order valence-electron chi connectivity index (χ1n) is 7.26. The molecule has 0 aromatic heterocycles. The quantitative estimate of drug-likeness (QED) is 0.688. The number of guanidine groups is 1. The Bertz CT molecular complexity index is 502. The molecule has 1 aromatic carbocycles. The highest BCUT2D eigenvalue weighted by atomic mass is 32.2. The van der Waals surface area contributed by atoms with Crippen LogP contribution < -0.4 is 10.1 Å². The minimum absolute atomic E-state index is 0.284. The van der Waals surface area contributed by atoms with Gasteiger partial charge in [-0.05, 0) is 31.5 Å². The van der Waals surface area contributed by atoms with Crippen LogP contribution in [0.3, 0.4) is 0 Å². The second kappa shape index (κ2) is 7.07. The maximum atomic E-state index is 5.26. The summed E-state index contributed by atoms with van der Waals surface area (Å²) in [6.45, 7) is 7.41. The second-order valence-corrected chi connectivity index (χ2v) is 7.58. The van der Waals surface area contributed by atoms with Crippen LogP contribution in [0.2, 0.25) is 0 Å². The molecule has 116 valence electrons. The summed E-state index contributed by atoms with van der Waals surface area (Å²) in [5, 5.41) is 3.46. The van der Waals surface area contributed by atoms with Gasteiger partial charge < -0.3 is 15.0 Å². The van der Waals surface area contributed by atoms with Crippen LogP contribution in [0, 0.1) is 0 Å². The minimum atomic E-state index is 0.284. The Morgan fingerprint density at radius 3 is 2.95 bits per heavy atom. The zero-order chi connectivity index (χ0) is 15.3. The zero-order valence-electron chi connectivity index (χ0n) is 13.3.